The molecular weight excluding hydrogens is 266 g/mol. The van der Waals surface area contributed by atoms with Gasteiger partial charge in [-0.05, 0) is 36.0 Å². The highest BCUT2D eigenvalue weighted by Crippen LogP contribution is 2.27. The van der Waals surface area contributed by atoms with Crippen molar-refractivity contribution in [1.29, 1.82) is 0 Å². The number of aryl methyl sites for hydroxylation is 1. The average Bonchev–Trinajstić information content (AvgIpc) is 2.41. The first-order chi connectivity index (χ1) is 9.81. The third-order valence-corrected chi connectivity index (χ3v) is 3.43. The van der Waals surface area contributed by atoms with Gasteiger partial charge < -0.3 is 15.2 Å². The SMILES string of the molecule is Cc1ccc(C(C)C)c(OCC(=O)NCC(O)C(C)C)c1. The molecule has 4 heteroatoms. The molecule has 0 aliphatic heterocycles. The lowest BCUT2D eigenvalue weighted by atomic mass is 10.0. The van der Waals surface area contributed by atoms with E-state index in [1.165, 1.54) is 0 Å². The van der Waals surface area contributed by atoms with Crippen LogP contribution in [0.25, 0.3) is 0 Å². The van der Waals surface area contributed by atoms with E-state index in [2.05, 4.69) is 19.2 Å². The first-order valence-electron chi connectivity index (χ1n) is 7.49. The van der Waals surface area contributed by atoms with Crippen molar-refractivity contribution in [3.05, 3.63) is 29.3 Å². The lowest BCUT2D eigenvalue weighted by Gasteiger charge is -2.17. The maximum atomic E-state index is 11.8. The summed E-state index contributed by atoms with van der Waals surface area (Å²) in [5.74, 6) is 0.998. The van der Waals surface area contributed by atoms with Gasteiger partial charge in [-0.1, -0.05) is 39.8 Å². The van der Waals surface area contributed by atoms with Crippen LogP contribution in [0.5, 0.6) is 5.75 Å². The average molecular weight is 293 g/mol. The van der Waals surface area contributed by atoms with Gasteiger partial charge in [0.25, 0.3) is 5.91 Å². The molecule has 1 aromatic rings. The first-order valence-corrected chi connectivity index (χ1v) is 7.49. The van der Waals surface area contributed by atoms with Crippen LogP contribution in [0.1, 0.15) is 44.7 Å². The van der Waals surface area contributed by atoms with Gasteiger partial charge in [0.05, 0.1) is 6.10 Å². The van der Waals surface area contributed by atoms with Gasteiger partial charge in [-0.15, -0.1) is 0 Å². The molecule has 1 unspecified atom stereocenters. The molecule has 1 atom stereocenters. The second-order valence-corrected chi connectivity index (χ2v) is 6.10. The number of carbonyl (C=O) groups excluding carboxylic acids is 1. The number of aliphatic hydroxyl groups is 1. The van der Waals surface area contributed by atoms with Crippen LogP contribution >= 0.6 is 0 Å². The third kappa shape index (κ3) is 5.76. The van der Waals surface area contributed by atoms with E-state index < -0.39 is 6.10 Å². The fourth-order valence-corrected chi connectivity index (χ4v) is 1.89. The molecular formula is C17H27NO3. The predicted molar refractivity (Wildman–Crippen MR) is 84.6 cm³/mol. The van der Waals surface area contributed by atoms with Crippen molar-refractivity contribution in [2.45, 2.75) is 46.6 Å². The van der Waals surface area contributed by atoms with Crippen molar-refractivity contribution in [2.24, 2.45) is 5.92 Å². The second-order valence-electron chi connectivity index (χ2n) is 6.10. The molecule has 0 aromatic heterocycles. The minimum absolute atomic E-state index is 0.0337. The Hall–Kier alpha value is -1.55. The van der Waals surface area contributed by atoms with E-state index in [1.54, 1.807) is 0 Å². The first kappa shape index (κ1) is 17.5. The van der Waals surface area contributed by atoms with Crippen molar-refractivity contribution in [3.63, 3.8) is 0 Å². The van der Waals surface area contributed by atoms with Crippen molar-refractivity contribution in [2.75, 3.05) is 13.2 Å². The monoisotopic (exact) mass is 293 g/mol. The number of amides is 1. The molecule has 1 aromatic carbocycles. The molecule has 1 rings (SSSR count). The highest BCUT2D eigenvalue weighted by atomic mass is 16.5. The van der Waals surface area contributed by atoms with E-state index in [-0.39, 0.29) is 25.0 Å². The Bertz CT molecular complexity index is 469. The summed E-state index contributed by atoms with van der Waals surface area (Å²) in [6, 6.07) is 6.03. The van der Waals surface area contributed by atoms with E-state index in [0.717, 1.165) is 16.9 Å². The van der Waals surface area contributed by atoms with Gasteiger partial charge in [0.1, 0.15) is 5.75 Å². The summed E-state index contributed by atoms with van der Waals surface area (Å²) in [6.45, 7) is 10.2. The van der Waals surface area contributed by atoms with Crippen molar-refractivity contribution >= 4 is 5.91 Å². The summed E-state index contributed by atoms with van der Waals surface area (Å²) >= 11 is 0. The minimum Gasteiger partial charge on any atom is -0.483 e. The zero-order valence-electron chi connectivity index (χ0n) is 13.6. The van der Waals surface area contributed by atoms with E-state index in [4.69, 9.17) is 4.74 Å². The van der Waals surface area contributed by atoms with Crippen LogP contribution < -0.4 is 10.1 Å². The van der Waals surface area contributed by atoms with Crippen LogP contribution in [0.2, 0.25) is 0 Å². The van der Waals surface area contributed by atoms with Gasteiger partial charge in [0, 0.05) is 6.54 Å². The standard InChI is InChI=1S/C17H27NO3/c1-11(2)14-7-6-13(5)8-16(14)21-10-17(20)18-9-15(19)12(3)4/h6-8,11-12,15,19H,9-10H2,1-5H3,(H,18,20). The number of ether oxygens (including phenoxy) is 1. The molecule has 0 aliphatic rings. The maximum Gasteiger partial charge on any atom is 0.258 e. The van der Waals surface area contributed by atoms with Gasteiger partial charge in [-0.3, -0.25) is 4.79 Å². The molecule has 21 heavy (non-hydrogen) atoms. The normalized spacial score (nSPS) is 12.6. The number of hydrogen-bond donors (Lipinski definition) is 2. The Morgan fingerprint density at radius 2 is 1.95 bits per heavy atom. The van der Waals surface area contributed by atoms with Gasteiger partial charge >= 0.3 is 0 Å². The smallest absolute Gasteiger partial charge is 0.258 e. The van der Waals surface area contributed by atoms with Crippen LogP contribution in [0.15, 0.2) is 18.2 Å². The molecule has 118 valence electrons. The summed E-state index contributed by atoms with van der Waals surface area (Å²) < 4.78 is 5.64. The largest absolute Gasteiger partial charge is 0.483 e. The predicted octanol–water partition coefficient (Wildman–Crippen LogP) is 2.63. The molecule has 0 saturated carbocycles. The zero-order chi connectivity index (χ0) is 16.0. The lowest BCUT2D eigenvalue weighted by molar-refractivity contribution is -0.123. The quantitative estimate of drug-likeness (QED) is 0.812. The number of hydrogen-bond acceptors (Lipinski definition) is 3. The maximum absolute atomic E-state index is 11.8. The van der Waals surface area contributed by atoms with Crippen LogP contribution in [0, 0.1) is 12.8 Å². The second kappa shape index (κ2) is 8.03. The van der Waals surface area contributed by atoms with Crippen molar-refractivity contribution < 1.29 is 14.6 Å². The van der Waals surface area contributed by atoms with E-state index >= 15 is 0 Å². The Morgan fingerprint density at radius 1 is 1.29 bits per heavy atom. The van der Waals surface area contributed by atoms with Crippen molar-refractivity contribution in [1.82, 2.24) is 5.32 Å². The summed E-state index contributed by atoms with van der Waals surface area (Å²) in [4.78, 5) is 11.8. The summed E-state index contributed by atoms with van der Waals surface area (Å²) in [7, 11) is 0. The fraction of sp³-hybridized carbons (Fsp3) is 0.588. The van der Waals surface area contributed by atoms with Crippen molar-refractivity contribution in [3.8, 4) is 5.75 Å². The van der Waals surface area contributed by atoms with Crippen LogP contribution in [-0.4, -0.2) is 30.3 Å². The number of aliphatic hydroxyl groups excluding tert-OH is 1. The molecule has 0 radical (unpaired) electrons. The molecule has 2 N–H and O–H groups in total. The van der Waals surface area contributed by atoms with E-state index in [1.807, 2.05) is 39.0 Å². The van der Waals surface area contributed by atoms with Gasteiger partial charge in [-0.2, -0.15) is 0 Å². The van der Waals surface area contributed by atoms with Gasteiger partial charge in [-0.25, -0.2) is 0 Å². The topological polar surface area (TPSA) is 58.6 Å². The third-order valence-electron chi connectivity index (χ3n) is 3.43. The summed E-state index contributed by atoms with van der Waals surface area (Å²) in [5.41, 5.74) is 2.20. The molecule has 0 heterocycles. The molecule has 4 nitrogen and oxygen atoms in total. The highest BCUT2D eigenvalue weighted by Gasteiger charge is 2.13. The van der Waals surface area contributed by atoms with E-state index in [0.29, 0.717) is 5.92 Å². The molecule has 0 aliphatic carbocycles. The lowest BCUT2D eigenvalue weighted by Crippen LogP contribution is -2.37. The number of nitrogens with one attached hydrogen (secondary N) is 1. The van der Waals surface area contributed by atoms with Gasteiger partial charge in [0.15, 0.2) is 6.61 Å². The molecule has 0 fully saturated rings. The number of benzene rings is 1. The fourth-order valence-electron chi connectivity index (χ4n) is 1.89. The zero-order valence-corrected chi connectivity index (χ0v) is 13.6. The van der Waals surface area contributed by atoms with Crippen LogP contribution in [0.4, 0.5) is 0 Å². The van der Waals surface area contributed by atoms with Crippen LogP contribution in [0.3, 0.4) is 0 Å². The summed E-state index contributed by atoms with van der Waals surface area (Å²) in [6.07, 6.45) is -0.529. The van der Waals surface area contributed by atoms with Gasteiger partial charge in [0.2, 0.25) is 0 Å². The molecule has 0 bridgehead atoms. The molecule has 0 spiro atoms. The molecule has 0 saturated heterocycles. The highest BCUT2D eigenvalue weighted by molar-refractivity contribution is 5.77. The molecule has 1 amide bonds. The Kier molecular flexibility index (Phi) is 6.69. The summed E-state index contributed by atoms with van der Waals surface area (Å²) in [5, 5.41) is 12.3. The number of carbonyl (C=O) groups is 1. The number of rotatable bonds is 7. The minimum atomic E-state index is -0.529. The van der Waals surface area contributed by atoms with E-state index in [9.17, 15) is 9.90 Å². The Labute approximate surface area is 127 Å². The Balaban J connectivity index is 2.55. The van der Waals surface area contributed by atoms with Crippen LogP contribution in [-0.2, 0) is 4.79 Å². The Morgan fingerprint density at radius 3 is 2.52 bits per heavy atom.